The zero-order valence-corrected chi connectivity index (χ0v) is 11.6. The first-order chi connectivity index (χ1) is 9.13. The largest absolute Gasteiger partial charge is 0.385 e. The van der Waals surface area contributed by atoms with Crippen LogP contribution in [0.5, 0.6) is 0 Å². The smallest absolute Gasteiger partial charge is 0.241 e. The number of nitrogens with zero attached hydrogens (tertiary/aromatic N) is 2. The number of hydrazine groups is 1. The van der Waals surface area contributed by atoms with Crippen LogP contribution in [0.1, 0.15) is 13.3 Å². The summed E-state index contributed by atoms with van der Waals surface area (Å²) in [6.07, 6.45) is 2.38. The maximum absolute atomic E-state index is 11.1. The molecule has 1 amide bonds. The van der Waals surface area contributed by atoms with Crippen molar-refractivity contribution in [2.75, 3.05) is 18.7 Å². The third-order valence-corrected chi connectivity index (χ3v) is 2.68. The number of hydrogen-bond donors (Lipinski definition) is 1. The van der Waals surface area contributed by atoms with Crippen LogP contribution < -0.4 is 10.4 Å². The minimum Gasteiger partial charge on any atom is -0.385 e. The van der Waals surface area contributed by atoms with Crippen LogP contribution in [-0.4, -0.2) is 36.9 Å². The fraction of sp³-hybridized carbons (Fsp3) is 0.417. The minimum atomic E-state index is -0.537. The number of rotatable bonds is 3. The molecule has 1 N–H and O–H groups in total. The van der Waals surface area contributed by atoms with Gasteiger partial charge in [0.1, 0.15) is 12.3 Å². The van der Waals surface area contributed by atoms with Crippen LogP contribution in [0.25, 0.3) is 0 Å². The Balaban J connectivity index is 0.000000399. The monoisotopic (exact) mass is 285 g/mol. The van der Waals surface area contributed by atoms with Crippen LogP contribution in [0, 0.1) is 0 Å². The summed E-state index contributed by atoms with van der Waals surface area (Å²) in [6.45, 7) is 2.78. The molecular weight excluding hydrogens is 270 g/mol. The maximum atomic E-state index is 11.1. The van der Waals surface area contributed by atoms with Crippen LogP contribution in [0.2, 0.25) is 5.02 Å². The standard InChI is InChI=1S/C9H8ClN3O2.C3H8O/c10-7-2-1-3-11-9(7)13-6(5-14)4-8(15)12-13;1-3-4-2/h1-3,5-6H,4H2,(H,12,15);3H2,1-2H3. The molecule has 0 aliphatic carbocycles. The number of nitrogens with one attached hydrogen (secondary N) is 1. The molecule has 2 rings (SSSR count). The molecule has 1 aliphatic rings. The second-order valence-electron chi connectivity index (χ2n) is 3.70. The molecule has 1 saturated heterocycles. The molecule has 7 heteroatoms. The number of hydrogen-bond acceptors (Lipinski definition) is 5. The molecule has 1 fully saturated rings. The number of ether oxygens (including phenoxy) is 1. The molecule has 2 heterocycles. The van der Waals surface area contributed by atoms with Gasteiger partial charge in [0.2, 0.25) is 5.91 Å². The zero-order valence-electron chi connectivity index (χ0n) is 10.8. The van der Waals surface area contributed by atoms with Crippen LogP contribution in [0.15, 0.2) is 18.3 Å². The van der Waals surface area contributed by atoms with Gasteiger partial charge in [0.15, 0.2) is 5.82 Å². The predicted molar refractivity (Wildman–Crippen MR) is 71.9 cm³/mol. The summed E-state index contributed by atoms with van der Waals surface area (Å²) in [7, 11) is 1.68. The van der Waals surface area contributed by atoms with Crippen LogP contribution >= 0.6 is 11.6 Å². The third-order valence-electron chi connectivity index (χ3n) is 2.38. The molecule has 1 atom stereocenters. The van der Waals surface area contributed by atoms with Gasteiger partial charge in [0, 0.05) is 19.9 Å². The van der Waals surface area contributed by atoms with Crippen molar-refractivity contribution in [1.29, 1.82) is 0 Å². The normalized spacial score (nSPS) is 17.5. The van der Waals surface area contributed by atoms with E-state index in [0.717, 1.165) is 6.61 Å². The van der Waals surface area contributed by atoms with Crippen molar-refractivity contribution in [3.05, 3.63) is 23.4 Å². The Hall–Kier alpha value is -1.66. The second kappa shape index (κ2) is 7.70. The van der Waals surface area contributed by atoms with Gasteiger partial charge in [-0.2, -0.15) is 0 Å². The van der Waals surface area contributed by atoms with Gasteiger partial charge in [-0.1, -0.05) is 11.6 Å². The molecule has 1 aromatic rings. The van der Waals surface area contributed by atoms with E-state index in [4.69, 9.17) is 11.6 Å². The summed E-state index contributed by atoms with van der Waals surface area (Å²) >= 11 is 5.90. The molecule has 0 spiro atoms. The zero-order chi connectivity index (χ0) is 14.3. The van der Waals surface area contributed by atoms with Crippen molar-refractivity contribution < 1.29 is 14.3 Å². The van der Waals surface area contributed by atoms with Gasteiger partial charge in [0.05, 0.1) is 11.4 Å². The van der Waals surface area contributed by atoms with E-state index in [9.17, 15) is 9.59 Å². The highest BCUT2D eigenvalue weighted by Crippen LogP contribution is 2.25. The Morgan fingerprint density at radius 3 is 2.89 bits per heavy atom. The number of pyridine rings is 1. The van der Waals surface area contributed by atoms with Crippen LogP contribution in [0.4, 0.5) is 5.82 Å². The Morgan fingerprint density at radius 1 is 1.68 bits per heavy atom. The van der Waals surface area contributed by atoms with E-state index in [1.54, 1.807) is 25.4 Å². The van der Waals surface area contributed by atoms with Crippen molar-refractivity contribution in [1.82, 2.24) is 10.4 Å². The average Bonchev–Trinajstić information content (AvgIpc) is 2.80. The van der Waals surface area contributed by atoms with Crippen LogP contribution in [0.3, 0.4) is 0 Å². The number of aromatic nitrogens is 1. The van der Waals surface area contributed by atoms with Gasteiger partial charge in [-0.05, 0) is 19.1 Å². The van der Waals surface area contributed by atoms with E-state index in [1.807, 2.05) is 6.92 Å². The lowest BCUT2D eigenvalue weighted by molar-refractivity contribution is -0.120. The average molecular weight is 286 g/mol. The Labute approximate surface area is 116 Å². The summed E-state index contributed by atoms with van der Waals surface area (Å²) in [5.41, 5.74) is 2.53. The Kier molecular flexibility index (Phi) is 6.24. The van der Waals surface area contributed by atoms with E-state index in [0.29, 0.717) is 17.1 Å². The number of amides is 1. The quantitative estimate of drug-likeness (QED) is 0.845. The lowest BCUT2D eigenvalue weighted by Gasteiger charge is -2.20. The predicted octanol–water partition coefficient (Wildman–Crippen LogP) is 1.20. The molecule has 104 valence electrons. The van der Waals surface area contributed by atoms with E-state index in [-0.39, 0.29) is 12.3 Å². The van der Waals surface area contributed by atoms with Gasteiger partial charge >= 0.3 is 0 Å². The number of carbonyl (C=O) groups is 2. The van der Waals surface area contributed by atoms with Gasteiger partial charge < -0.3 is 9.53 Å². The van der Waals surface area contributed by atoms with Crippen molar-refractivity contribution in [2.45, 2.75) is 19.4 Å². The van der Waals surface area contributed by atoms with Gasteiger partial charge in [-0.25, -0.2) is 4.98 Å². The fourth-order valence-electron chi connectivity index (χ4n) is 1.42. The van der Waals surface area contributed by atoms with Crippen molar-refractivity contribution in [3.63, 3.8) is 0 Å². The summed E-state index contributed by atoms with van der Waals surface area (Å²) in [5.74, 6) is 0.177. The Bertz CT molecular complexity index is 440. The fourth-order valence-corrected chi connectivity index (χ4v) is 1.63. The number of carbonyl (C=O) groups excluding carboxylic acids is 2. The summed E-state index contributed by atoms with van der Waals surface area (Å²) in [6, 6.07) is 2.79. The lowest BCUT2D eigenvalue weighted by Crippen LogP contribution is -2.39. The van der Waals surface area contributed by atoms with Gasteiger partial charge in [0.25, 0.3) is 0 Å². The highest BCUT2D eigenvalue weighted by Gasteiger charge is 2.31. The van der Waals surface area contributed by atoms with E-state index in [1.165, 1.54) is 5.01 Å². The molecular formula is C12H16ClN3O3. The number of anilines is 1. The molecule has 0 bridgehead atoms. The molecule has 19 heavy (non-hydrogen) atoms. The minimum absolute atomic E-state index is 0.135. The number of aldehydes is 1. The number of halogens is 1. The molecule has 0 radical (unpaired) electrons. The second-order valence-corrected chi connectivity index (χ2v) is 4.11. The summed E-state index contributed by atoms with van der Waals surface area (Å²) in [4.78, 5) is 25.9. The van der Waals surface area contributed by atoms with Gasteiger partial charge in [-0.15, -0.1) is 0 Å². The van der Waals surface area contributed by atoms with Gasteiger partial charge in [-0.3, -0.25) is 15.2 Å². The highest BCUT2D eigenvalue weighted by molar-refractivity contribution is 6.33. The molecule has 1 aromatic heterocycles. The van der Waals surface area contributed by atoms with Crippen LogP contribution in [-0.2, 0) is 14.3 Å². The number of methoxy groups -OCH3 is 1. The third kappa shape index (κ3) is 4.18. The SMILES string of the molecule is CCOC.O=CC1CC(=O)NN1c1ncccc1Cl. The molecule has 0 saturated carbocycles. The molecule has 1 unspecified atom stereocenters. The summed E-state index contributed by atoms with van der Waals surface area (Å²) < 4.78 is 4.54. The van der Waals surface area contributed by atoms with E-state index < -0.39 is 6.04 Å². The first kappa shape index (κ1) is 15.4. The highest BCUT2D eigenvalue weighted by atomic mass is 35.5. The van der Waals surface area contributed by atoms with Crippen molar-refractivity contribution >= 4 is 29.6 Å². The van der Waals surface area contributed by atoms with E-state index >= 15 is 0 Å². The van der Waals surface area contributed by atoms with Crippen molar-refractivity contribution in [2.24, 2.45) is 0 Å². The Morgan fingerprint density at radius 2 is 2.37 bits per heavy atom. The topological polar surface area (TPSA) is 71.5 Å². The maximum Gasteiger partial charge on any atom is 0.241 e. The lowest BCUT2D eigenvalue weighted by atomic mass is 10.2. The van der Waals surface area contributed by atoms with Crippen molar-refractivity contribution in [3.8, 4) is 0 Å². The van der Waals surface area contributed by atoms with E-state index in [2.05, 4.69) is 15.1 Å². The molecule has 0 aromatic carbocycles. The first-order valence-corrected chi connectivity index (χ1v) is 6.15. The first-order valence-electron chi connectivity index (χ1n) is 5.77. The molecule has 1 aliphatic heterocycles. The summed E-state index contributed by atoms with van der Waals surface area (Å²) in [5, 5.41) is 1.78. The molecule has 6 nitrogen and oxygen atoms in total.